The highest BCUT2D eigenvalue weighted by Gasteiger charge is 2.10. The molecule has 0 spiro atoms. The second-order valence-electron chi connectivity index (χ2n) is 4.54. The van der Waals surface area contributed by atoms with Gasteiger partial charge in [0, 0.05) is 12.6 Å². The molecule has 0 aromatic heterocycles. The third kappa shape index (κ3) is 10.3. The molecule has 1 atom stereocenters. The molecule has 0 saturated heterocycles. The summed E-state index contributed by atoms with van der Waals surface area (Å²) in [5.74, 6) is 0.615. The third-order valence-corrected chi connectivity index (χ3v) is 2.29. The molecule has 0 aliphatic rings. The Morgan fingerprint density at radius 3 is 2.44 bits per heavy atom. The summed E-state index contributed by atoms with van der Waals surface area (Å²) in [6.45, 7) is 7.40. The molecule has 98 valence electrons. The van der Waals surface area contributed by atoms with E-state index in [1.165, 1.54) is 0 Å². The summed E-state index contributed by atoms with van der Waals surface area (Å²) in [5.41, 5.74) is 0. The Labute approximate surface area is 97.7 Å². The Bertz CT molecular complexity index is 154. The van der Waals surface area contributed by atoms with Gasteiger partial charge in [-0.1, -0.05) is 20.8 Å². The second kappa shape index (κ2) is 9.97. The number of hydrogen-bond donors (Lipinski definition) is 1. The van der Waals surface area contributed by atoms with Gasteiger partial charge in [-0.05, 0) is 31.7 Å². The van der Waals surface area contributed by atoms with Gasteiger partial charge in [-0.25, -0.2) is 8.78 Å². The Morgan fingerprint density at radius 1 is 1.25 bits per heavy atom. The lowest BCUT2D eigenvalue weighted by Crippen LogP contribution is -2.32. The zero-order valence-corrected chi connectivity index (χ0v) is 10.6. The molecule has 0 heterocycles. The van der Waals surface area contributed by atoms with Gasteiger partial charge in [0.1, 0.15) is 6.61 Å². The third-order valence-electron chi connectivity index (χ3n) is 2.29. The largest absolute Gasteiger partial charge is 0.375 e. The van der Waals surface area contributed by atoms with Crippen LogP contribution in [-0.2, 0) is 4.74 Å². The van der Waals surface area contributed by atoms with Crippen LogP contribution in [0.5, 0.6) is 0 Å². The minimum atomic E-state index is -2.35. The average molecular weight is 237 g/mol. The Kier molecular flexibility index (Phi) is 9.83. The van der Waals surface area contributed by atoms with Gasteiger partial charge in [0.25, 0.3) is 6.43 Å². The molecule has 16 heavy (non-hydrogen) atoms. The van der Waals surface area contributed by atoms with Crippen molar-refractivity contribution in [1.82, 2.24) is 5.32 Å². The van der Waals surface area contributed by atoms with E-state index in [-0.39, 0.29) is 0 Å². The van der Waals surface area contributed by atoms with Crippen LogP contribution in [0.3, 0.4) is 0 Å². The van der Waals surface area contributed by atoms with Crippen LogP contribution in [-0.4, -0.2) is 32.2 Å². The van der Waals surface area contributed by atoms with Gasteiger partial charge in [0.05, 0.1) is 0 Å². The standard InChI is InChI=1S/C12H25F2NO/c1-4-6-15-11(8-10(2)3)5-7-16-9-12(13)14/h10-12,15H,4-9H2,1-3H3. The summed E-state index contributed by atoms with van der Waals surface area (Å²) in [6.07, 6.45) is 0.613. The SMILES string of the molecule is CCCNC(CCOCC(F)F)CC(C)C. The average Bonchev–Trinajstić information content (AvgIpc) is 2.19. The topological polar surface area (TPSA) is 21.3 Å². The van der Waals surface area contributed by atoms with Crippen LogP contribution < -0.4 is 5.32 Å². The first kappa shape index (κ1) is 15.8. The molecule has 0 amide bonds. The van der Waals surface area contributed by atoms with E-state index >= 15 is 0 Å². The molecule has 0 aliphatic heterocycles. The van der Waals surface area contributed by atoms with Gasteiger partial charge in [-0.3, -0.25) is 0 Å². The van der Waals surface area contributed by atoms with Crippen LogP contribution in [0, 0.1) is 5.92 Å². The highest BCUT2D eigenvalue weighted by molar-refractivity contribution is 4.68. The predicted octanol–water partition coefficient (Wildman–Crippen LogP) is 3.07. The lowest BCUT2D eigenvalue weighted by Gasteiger charge is -2.20. The van der Waals surface area contributed by atoms with E-state index in [0.29, 0.717) is 18.6 Å². The first-order chi connectivity index (χ1) is 7.56. The fourth-order valence-corrected chi connectivity index (χ4v) is 1.62. The maximum atomic E-state index is 11.8. The van der Waals surface area contributed by atoms with Crippen molar-refractivity contribution in [3.05, 3.63) is 0 Å². The molecule has 0 bridgehead atoms. The molecule has 2 nitrogen and oxygen atoms in total. The Balaban J connectivity index is 3.64. The molecule has 1 N–H and O–H groups in total. The Morgan fingerprint density at radius 2 is 1.94 bits per heavy atom. The molecule has 0 rings (SSSR count). The summed E-state index contributed by atoms with van der Waals surface area (Å²) in [6, 6.07) is 0.387. The molecule has 0 aromatic rings. The van der Waals surface area contributed by atoms with Crippen molar-refractivity contribution in [2.24, 2.45) is 5.92 Å². The first-order valence-electron chi connectivity index (χ1n) is 6.15. The first-order valence-corrected chi connectivity index (χ1v) is 6.15. The van der Waals surface area contributed by atoms with Crippen molar-refractivity contribution in [2.75, 3.05) is 19.8 Å². The van der Waals surface area contributed by atoms with E-state index in [9.17, 15) is 8.78 Å². The summed E-state index contributed by atoms with van der Waals surface area (Å²) in [7, 11) is 0. The van der Waals surface area contributed by atoms with Gasteiger partial charge in [0.2, 0.25) is 0 Å². The van der Waals surface area contributed by atoms with Gasteiger partial charge >= 0.3 is 0 Å². The quantitative estimate of drug-likeness (QED) is 0.590. The highest BCUT2D eigenvalue weighted by Crippen LogP contribution is 2.08. The molecule has 1 unspecified atom stereocenters. The maximum absolute atomic E-state index is 11.8. The van der Waals surface area contributed by atoms with Crippen LogP contribution in [0.2, 0.25) is 0 Å². The van der Waals surface area contributed by atoms with E-state index in [1.807, 2.05) is 0 Å². The maximum Gasteiger partial charge on any atom is 0.261 e. The summed E-state index contributed by atoms with van der Waals surface area (Å²) < 4.78 is 28.6. The Hall–Kier alpha value is -0.220. The summed E-state index contributed by atoms with van der Waals surface area (Å²) >= 11 is 0. The van der Waals surface area contributed by atoms with E-state index in [4.69, 9.17) is 4.74 Å². The molecule has 4 heteroatoms. The number of nitrogens with one attached hydrogen (secondary N) is 1. The van der Waals surface area contributed by atoms with E-state index in [2.05, 4.69) is 26.1 Å². The zero-order valence-electron chi connectivity index (χ0n) is 10.6. The fourth-order valence-electron chi connectivity index (χ4n) is 1.62. The van der Waals surface area contributed by atoms with Crippen molar-refractivity contribution < 1.29 is 13.5 Å². The molecule has 0 aliphatic carbocycles. The van der Waals surface area contributed by atoms with Crippen LogP contribution in [0.15, 0.2) is 0 Å². The van der Waals surface area contributed by atoms with Crippen LogP contribution in [0.1, 0.15) is 40.0 Å². The van der Waals surface area contributed by atoms with E-state index < -0.39 is 13.0 Å². The molecule has 0 fully saturated rings. The fraction of sp³-hybridized carbons (Fsp3) is 1.00. The van der Waals surface area contributed by atoms with Gasteiger partial charge in [0.15, 0.2) is 0 Å². The van der Waals surface area contributed by atoms with E-state index in [1.54, 1.807) is 0 Å². The number of halogens is 2. The van der Waals surface area contributed by atoms with Gasteiger partial charge < -0.3 is 10.1 Å². The van der Waals surface area contributed by atoms with Crippen molar-refractivity contribution in [3.8, 4) is 0 Å². The molecule has 0 radical (unpaired) electrons. The summed E-state index contributed by atoms with van der Waals surface area (Å²) in [5, 5.41) is 3.42. The highest BCUT2D eigenvalue weighted by atomic mass is 19.3. The lowest BCUT2D eigenvalue weighted by atomic mass is 10.0. The number of rotatable bonds is 10. The lowest BCUT2D eigenvalue weighted by molar-refractivity contribution is 0.0139. The number of hydrogen-bond acceptors (Lipinski definition) is 2. The molecule has 0 aromatic carbocycles. The van der Waals surface area contributed by atoms with Crippen LogP contribution in [0.25, 0.3) is 0 Å². The molecular weight excluding hydrogens is 212 g/mol. The van der Waals surface area contributed by atoms with Crippen molar-refractivity contribution in [2.45, 2.75) is 52.5 Å². The number of ether oxygens (including phenoxy) is 1. The van der Waals surface area contributed by atoms with Crippen molar-refractivity contribution >= 4 is 0 Å². The zero-order chi connectivity index (χ0) is 12.4. The minimum absolute atomic E-state index is 0.387. The van der Waals surface area contributed by atoms with Crippen molar-refractivity contribution in [3.63, 3.8) is 0 Å². The van der Waals surface area contributed by atoms with Crippen molar-refractivity contribution in [1.29, 1.82) is 0 Å². The van der Waals surface area contributed by atoms with Gasteiger partial charge in [-0.2, -0.15) is 0 Å². The predicted molar refractivity (Wildman–Crippen MR) is 63.0 cm³/mol. The number of alkyl halides is 2. The van der Waals surface area contributed by atoms with E-state index in [0.717, 1.165) is 25.8 Å². The summed E-state index contributed by atoms with van der Waals surface area (Å²) in [4.78, 5) is 0. The second-order valence-corrected chi connectivity index (χ2v) is 4.54. The molecule has 0 saturated carbocycles. The van der Waals surface area contributed by atoms with Crippen LogP contribution >= 0.6 is 0 Å². The van der Waals surface area contributed by atoms with Gasteiger partial charge in [-0.15, -0.1) is 0 Å². The minimum Gasteiger partial charge on any atom is -0.375 e. The smallest absolute Gasteiger partial charge is 0.261 e. The monoisotopic (exact) mass is 237 g/mol. The van der Waals surface area contributed by atoms with Crippen LogP contribution in [0.4, 0.5) is 8.78 Å². The normalized spacial score (nSPS) is 13.7. The molecular formula is C12H25F2NO.